The second kappa shape index (κ2) is 13.3. The Morgan fingerprint density at radius 2 is 1.77 bits per heavy atom. The number of anilines is 2. The van der Waals surface area contributed by atoms with Gasteiger partial charge >= 0.3 is 5.97 Å². The third-order valence-corrected chi connectivity index (χ3v) is 7.98. The van der Waals surface area contributed by atoms with Crippen LogP contribution < -0.4 is 19.7 Å². The lowest BCUT2D eigenvalue weighted by atomic mass is 10.1. The summed E-state index contributed by atoms with van der Waals surface area (Å²) in [7, 11) is 1.46. The van der Waals surface area contributed by atoms with Crippen LogP contribution in [-0.2, 0) is 11.4 Å². The topological polar surface area (TPSA) is 105 Å². The first kappa shape index (κ1) is 30.7. The number of thiocarbonyl (C=S) groups is 1. The molecule has 0 aromatic heterocycles. The first-order valence-electron chi connectivity index (χ1n) is 12.9. The monoisotopic (exact) mass is 648 g/mol. The summed E-state index contributed by atoms with van der Waals surface area (Å²) in [6, 6.07) is 21.4. The predicted molar refractivity (Wildman–Crippen MR) is 172 cm³/mol. The molecule has 4 aromatic rings. The maximum atomic E-state index is 13.4. The second-order valence-electron chi connectivity index (χ2n) is 9.35. The van der Waals surface area contributed by atoms with E-state index in [2.05, 4.69) is 5.32 Å². The molecule has 1 saturated heterocycles. The maximum Gasteiger partial charge on any atom is 0.335 e. The van der Waals surface area contributed by atoms with Crippen LogP contribution in [0.5, 0.6) is 11.5 Å². The molecule has 0 bridgehead atoms. The third kappa shape index (κ3) is 6.91. The van der Waals surface area contributed by atoms with Gasteiger partial charge < -0.3 is 19.9 Å². The van der Waals surface area contributed by atoms with Crippen molar-refractivity contribution in [3.8, 4) is 11.5 Å². The van der Waals surface area contributed by atoms with Crippen molar-refractivity contribution in [2.45, 2.75) is 6.61 Å². The number of thioether (sulfide) groups is 1. The van der Waals surface area contributed by atoms with Crippen LogP contribution in [0, 0.1) is 5.82 Å². The fourth-order valence-corrected chi connectivity index (χ4v) is 5.80. The minimum Gasteiger partial charge on any atom is -0.493 e. The lowest BCUT2D eigenvalue weighted by molar-refractivity contribution is -0.113. The van der Waals surface area contributed by atoms with Gasteiger partial charge in [0.1, 0.15) is 12.4 Å². The number of hydrogen-bond acceptors (Lipinski definition) is 7. The molecule has 1 heterocycles. The zero-order chi connectivity index (χ0) is 31.4. The van der Waals surface area contributed by atoms with Gasteiger partial charge in [-0.05, 0) is 83.9 Å². The van der Waals surface area contributed by atoms with Crippen LogP contribution in [0.4, 0.5) is 15.8 Å². The summed E-state index contributed by atoms with van der Waals surface area (Å²) >= 11 is 13.1. The first-order valence-corrected chi connectivity index (χ1v) is 14.5. The van der Waals surface area contributed by atoms with Crippen LogP contribution in [0.3, 0.4) is 0 Å². The Hall–Kier alpha value is -4.71. The average molecular weight is 649 g/mol. The number of carbonyl (C=O) groups is 3. The molecule has 0 aliphatic carbocycles. The molecule has 0 unspecified atom stereocenters. The highest BCUT2D eigenvalue weighted by Crippen LogP contribution is 2.40. The van der Waals surface area contributed by atoms with Gasteiger partial charge in [-0.1, -0.05) is 53.8 Å². The van der Waals surface area contributed by atoms with E-state index in [0.29, 0.717) is 27.6 Å². The molecule has 12 heteroatoms. The van der Waals surface area contributed by atoms with Crippen molar-refractivity contribution in [3.05, 3.63) is 123 Å². The Kier molecular flexibility index (Phi) is 9.29. The smallest absolute Gasteiger partial charge is 0.335 e. The molecule has 222 valence electrons. The molecule has 2 amide bonds. The quantitative estimate of drug-likeness (QED) is 0.143. The van der Waals surface area contributed by atoms with E-state index in [4.69, 9.17) is 38.4 Å². The van der Waals surface area contributed by atoms with Gasteiger partial charge in [-0.15, -0.1) is 0 Å². The van der Waals surface area contributed by atoms with E-state index in [0.717, 1.165) is 17.3 Å². The van der Waals surface area contributed by atoms with Crippen LogP contribution in [0.15, 0.2) is 89.8 Å². The molecule has 44 heavy (non-hydrogen) atoms. The van der Waals surface area contributed by atoms with Gasteiger partial charge in [0, 0.05) is 11.3 Å². The molecule has 1 aliphatic heterocycles. The number of carboxylic acid groups (broad SMARTS) is 1. The van der Waals surface area contributed by atoms with Crippen molar-refractivity contribution in [3.63, 3.8) is 0 Å². The summed E-state index contributed by atoms with van der Waals surface area (Å²) in [5.74, 6) is -1.62. The predicted octanol–water partition coefficient (Wildman–Crippen LogP) is 7.42. The van der Waals surface area contributed by atoms with Crippen molar-refractivity contribution >= 4 is 75.1 Å². The number of halogens is 2. The van der Waals surface area contributed by atoms with Gasteiger partial charge in [0.15, 0.2) is 15.8 Å². The molecule has 1 aliphatic rings. The molecule has 2 N–H and O–H groups in total. The van der Waals surface area contributed by atoms with E-state index in [1.54, 1.807) is 54.6 Å². The lowest BCUT2D eigenvalue weighted by Gasteiger charge is -2.16. The summed E-state index contributed by atoms with van der Waals surface area (Å²) in [5, 5.41) is 12.0. The highest BCUT2D eigenvalue weighted by atomic mass is 35.5. The third-order valence-electron chi connectivity index (χ3n) is 6.40. The van der Waals surface area contributed by atoms with Gasteiger partial charge in [0.05, 0.1) is 28.3 Å². The number of ether oxygens (including phenoxy) is 2. The Balaban J connectivity index is 1.32. The Morgan fingerprint density at radius 3 is 2.45 bits per heavy atom. The summed E-state index contributed by atoms with van der Waals surface area (Å²) in [6.07, 6.45) is 1.63. The molecular formula is C32H22ClFN2O6S2. The van der Waals surface area contributed by atoms with Crippen molar-refractivity contribution < 1.29 is 33.4 Å². The molecule has 4 aromatic carbocycles. The zero-order valence-electron chi connectivity index (χ0n) is 22.9. The van der Waals surface area contributed by atoms with Crippen molar-refractivity contribution in [1.82, 2.24) is 0 Å². The fourth-order valence-electron chi connectivity index (χ4n) is 4.23. The molecule has 8 nitrogen and oxygen atoms in total. The van der Waals surface area contributed by atoms with E-state index in [1.807, 2.05) is 0 Å². The number of nitrogens with one attached hydrogen (secondary N) is 1. The number of carbonyl (C=O) groups excluding carboxylic acids is 2. The van der Waals surface area contributed by atoms with E-state index in [1.165, 1.54) is 48.4 Å². The van der Waals surface area contributed by atoms with Crippen LogP contribution in [-0.4, -0.2) is 34.3 Å². The number of hydrogen-bond donors (Lipinski definition) is 2. The van der Waals surface area contributed by atoms with Crippen molar-refractivity contribution in [1.29, 1.82) is 0 Å². The van der Waals surface area contributed by atoms with Crippen molar-refractivity contribution in [2.75, 3.05) is 17.3 Å². The maximum absolute atomic E-state index is 13.4. The van der Waals surface area contributed by atoms with Crippen molar-refractivity contribution in [2.24, 2.45) is 0 Å². The fraction of sp³-hybridized carbons (Fsp3) is 0.0625. The summed E-state index contributed by atoms with van der Waals surface area (Å²) in [5.41, 5.74) is 2.60. The number of nitrogens with zero attached hydrogens (tertiary/aromatic N) is 1. The van der Waals surface area contributed by atoms with Gasteiger partial charge in [-0.25, -0.2) is 9.18 Å². The molecule has 1 fully saturated rings. The number of rotatable bonds is 9. The number of carboxylic acids is 1. The van der Waals surface area contributed by atoms with Gasteiger partial charge in [-0.3, -0.25) is 14.5 Å². The minimum atomic E-state index is -1.02. The number of aromatic carboxylic acids is 1. The summed E-state index contributed by atoms with van der Waals surface area (Å²) in [6.45, 7) is 0.120. The second-order valence-corrected chi connectivity index (χ2v) is 11.4. The molecule has 0 radical (unpaired) electrons. The summed E-state index contributed by atoms with van der Waals surface area (Å²) in [4.78, 5) is 39.0. The van der Waals surface area contributed by atoms with Crippen LogP contribution in [0.2, 0.25) is 5.02 Å². The Bertz CT molecular complexity index is 1810. The Labute approximate surface area is 266 Å². The van der Waals surface area contributed by atoms with Gasteiger partial charge in [-0.2, -0.15) is 0 Å². The zero-order valence-corrected chi connectivity index (χ0v) is 25.3. The number of methoxy groups -OCH3 is 1. The molecular weight excluding hydrogens is 627 g/mol. The number of benzene rings is 4. The van der Waals surface area contributed by atoms with Gasteiger partial charge in [0.25, 0.3) is 11.8 Å². The van der Waals surface area contributed by atoms with Gasteiger partial charge in [0.2, 0.25) is 0 Å². The largest absolute Gasteiger partial charge is 0.493 e. The highest BCUT2D eigenvalue weighted by Gasteiger charge is 2.33. The molecule has 5 rings (SSSR count). The van der Waals surface area contributed by atoms with E-state index >= 15 is 0 Å². The standard InChI is InChI=1S/C32H22ClFN2O6S2/c1-41-26-14-19(13-25(33)28(26)42-17-18-5-7-20(8-6-18)31(39)40)15-27-30(38)36(32(43)44-27)24-4-2-3-21(16-24)29(37)35-23-11-9-22(34)10-12-23/h2-16H,17H2,1H3,(H,35,37)(H,39,40)/b27-15+. The SMILES string of the molecule is COc1cc(/C=C2/SC(=S)N(c3cccc(C(=O)Nc4ccc(F)cc4)c3)C2=O)cc(Cl)c1OCc1ccc(C(=O)O)cc1. The lowest BCUT2D eigenvalue weighted by Crippen LogP contribution is -2.27. The first-order chi connectivity index (χ1) is 21.1. The summed E-state index contributed by atoms with van der Waals surface area (Å²) < 4.78 is 24.9. The van der Waals surface area contributed by atoms with Crippen LogP contribution >= 0.6 is 35.6 Å². The Morgan fingerprint density at radius 1 is 1.05 bits per heavy atom. The van der Waals surface area contributed by atoms with Crippen LogP contribution in [0.1, 0.15) is 31.8 Å². The highest BCUT2D eigenvalue weighted by molar-refractivity contribution is 8.27. The van der Waals surface area contributed by atoms with E-state index in [9.17, 15) is 18.8 Å². The molecule has 0 atom stereocenters. The molecule has 0 saturated carbocycles. The van der Waals surface area contributed by atoms with Crippen LogP contribution in [0.25, 0.3) is 6.08 Å². The average Bonchev–Trinajstić information content (AvgIpc) is 3.29. The molecule has 0 spiro atoms. The van der Waals surface area contributed by atoms with E-state index in [-0.39, 0.29) is 38.7 Å². The minimum absolute atomic E-state index is 0.120. The van der Waals surface area contributed by atoms with E-state index < -0.39 is 17.7 Å². The number of amides is 2. The normalized spacial score (nSPS) is 13.7.